The predicted octanol–water partition coefficient (Wildman–Crippen LogP) is 2.51. The van der Waals surface area contributed by atoms with Crippen LogP contribution in [-0.2, 0) is 21.3 Å². The van der Waals surface area contributed by atoms with Gasteiger partial charge in [0.25, 0.3) is 5.91 Å². The highest BCUT2D eigenvalue weighted by atomic mass is 32.2. The van der Waals surface area contributed by atoms with Gasteiger partial charge in [-0.05, 0) is 42.8 Å². The molecule has 0 aliphatic carbocycles. The number of rotatable bonds is 6. The van der Waals surface area contributed by atoms with E-state index in [9.17, 15) is 17.6 Å². The van der Waals surface area contributed by atoms with Crippen LogP contribution in [0.4, 0.5) is 4.39 Å². The molecule has 1 aliphatic heterocycles. The number of hydrogen-bond acceptors (Lipinski definition) is 4. The third-order valence-corrected chi connectivity index (χ3v) is 6.51. The second-order valence-electron chi connectivity index (χ2n) is 6.49. The van der Waals surface area contributed by atoms with Crippen molar-refractivity contribution in [2.45, 2.75) is 18.4 Å². The fourth-order valence-corrected chi connectivity index (χ4v) is 4.55. The van der Waals surface area contributed by atoms with Crippen molar-refractivity contribution in [3.05, 3.63) is 65.5 Å². The molecule has 2 aromatic rings. The second-order valence-corrected chi connectivity index (χ2v) is 8.43. The number of morpholine rings is 1. The van der Waals surface area contributed by atoms with E-state index in [1.165, 1.54) is 28.6 Å². The normalized spacial score (nSPS) is 15.4. The number of amides is 1. The van der Waals surface area contributed by atoms with Gasteiger partial charge in [0, 0.05) is 31.7 Å². The van der Waals surface area contributed by atoms with Gasteiger partial charge in [-0.2, -0.15) is 4.31 Å². The number of carbonyl (C=O) groups is 1. The molecule has 1 heterocycles. The van der Waals surface area contributed by atoms with Gasteiger partial charge in [-0.3, -0.25) is 4.79 Å². The molecule has 3 rings (SSSR count). The van der Waals surface area contributed by atoms with Crippen LogP contribution in [0.15, 0.2) is 53.4 Å². The van der Waals surface area contributed by atoms with Crippen LogP contribution >= 0.6 is 0 Å². The molecular weight excluding hydrogens is 383 g/mol. The molecule has 150 valence electrons. The van der Waals surface area contributed by atoms with E-state index < -0.39 is 10.0 Å². The molecule has 1 saturated heterocycles. The maximum atomic E-state index is 13.4. The van der Waals surface area contributed by atoms with Crippen LogP contribution in [0, 0.1) is 5.82 Å². The average Bonchev–Trinajstić information content (AvgIpc) is 2.72. The summed E-state index contributed by atoms with van der Waals surface area (Å²) in [5.74, 6) is -0.662. The first-order valence-corrected chi connectivity index (χ1v) is 10.6. The Bertz CT molecular complexity index is 943. The van der Waals surface area contributed by atoms with E-state index in [4.69, 9.17) is 4.74 Å². The van der Waals surface area contributed by atoms with Gasteiger partial charge in [-0.15, -0.1) is 0 Å². The number of sulfonamides is 1. The summed E-state index contributed by atoms with van der Waals surface area (Å²) in [6.45, 7) is 3.78. The van der Waals surface area contributed by atoms with Crippen LogP contribution in [0.1, 0.15) is 22.8 Å². The number of nitrogens with zero attached hydrogens (tertiary/aromatic N) is 2. The van der Waals surface area contributed by atoms with Gasteiger partial charge in [0.2, 0.25) is 10.0 Å². The fraction of sp³-hybridized carbons (Fsp3) is 0.350. The minimum Gasteiger partial charge on any atom is -0.379 e. The zero-order chi connectivity index (χ0) is 20.1. The van der Waals surface area contributed by atoms with Gasteiger partial charge < -0.3 is 9.64 Å². The second kappa shape index (κ2) is 8.81. The van der Waals surface area contributed by atoms with Gasteiger partial charge in [0.15, 0.2) is 0 Å². The molecular formula is C20H23FN2O4S. The highest BCUT2D eigenvalue weighted by molar-refractivity contribution is 7.89. The van der Waals surface area contributed by atoms with Crippen molar-refractivity contribution in [1.82, 2.24) is 9.21 Å². The van der Waals surface area contributed by atoms with E-state index in [0.29, 0.717) is 38.4 Å². The van der Waals surface area contributed by atoms with E-state index in [0.717, 1.165) is 0 Å². The third-order valence-electron chi connectivity index (χ3n) is 4.62. The summed E-state index contributed by atoms with van der Waals surface area (Å²) < 4.78 is 45.7. The summed E-state index contributed by atoms with van der Waals surface area (Å²) in [4.78, 5) is 14.6. The summed E-state index contributed by atoms with van der Waals surface area (Å²) in [7, 11) is -3.68. The van der Waals surface area contributed by atoms with E-state index in [1.54, 1.807) is 29.2 Å². The molecule has 0 spiro atoms. The molecule has 1 amide bonds. The number of hydrogen-bond donors (Lipinski definition) is 0. The summed E-state index contributed by atoms with van der Waals surface area (Å²) >= 11 is 0. The molecule has 28 heavy (non-hydrogen) atoms. The third kappa shape index (κ3) is 4.57. The summed E-state index contributed by atoms with van der Waals surface area (Å²) in [6, 6.07) is 12.1. The molecule has 0 unspecified atom stereocenters. The van der Waals surface area contributed by atoms with Crippen molar-refractivity contribution in [3.63, 3.8) is 0 Å². The van der Waals surface area contributed by atoms with E-state index in [-0.39, 0.29) is 28.7 Å². The first-order valence-electron chi connectivity index (χ1n) is 9.13. The van der Waals surface area contributed by atoms with Gasteiger partial charge >= 0.3 is 0 Å². The minimum atomic E-state index is -3.68. The van der Waals surface area contributed by atoms with Crippen LogP contribution < -0.4 is 0 Å². The average molecular weight is 406 g/mol. The Morgan fingerprint density at radius 2 is 1.86 bits per heavy atom. The molecule has 0 bridgehead atoms. The topological polar surface area (TPSA) is 66.9 Å². The zero-order valence-electron chi connectivity index (χ0n) is 15.7. The zero-order valence-corrected chi connectivity index (χ0v) is 16.5. The molecule has 8 heteroatoms. The molecule has 2 aromatic carbocycles. The largest absolute Gasteiger partial charge is 0.379 e. The standard InChI is InChI=1S/C20H23FN2O4S/c1-2-22(15-16-5-3-7-18(21)13-16)20(24)17-6-4-8-19(14-17)28(25,26)23-9-11-27-12-10-23/h3-8,13-14H,2,9-12,15H2,1H3. The van der Waals surface area contributed by atoms with Crippen LogP contribution in [0.25, 0.3) is 0 Å². The van der Waals surface area contributed by atoms with Crippen LogP contribution in [-0.4, -0.2) is 56.4 Å². The van der Waals surface area contributed by atoms with Crippen LogP contribution in [0.3, 0.4) is 0 Å². The van der Waals surface area contributed by atoms with Gasteiger partial charge in [-0.25, -0.2) is 12.8 Å². The SMILES string of the molecule is CCN(Cc1cccc(F)c1)C(=O)c1cccc(S(=O)(=O)N2CCOCC2)c1. The molecule has 0 N–H and O–H groups in total. The summed E-state index contributed by atoms with van der Waals surface area (Å²) in [5.41, 5.74) is 0.958. The molecule has 0 atom stereocenters. The summed E-state index contributed by atoms with van der Waals surface area (Å²) in [5, 5.41) is 0. The van der Waals surface area contributed by atoms with E-state index >= 15 is 0 Å². The van der Waals surface area contributed by atoms with Crippen molar-refractivity contribution in [3.8, 4) is 0 Å². The van der Waals surface area contributed by atoms with Crippen molar-refractivity contribution < 1.29 is 22.3 Å². The lowest BCUT2D eigenvalue weighted by atomic mass is 10.1. The highest BCUT2D eigenvalue weighted by Gasteiger charge is 2.27. The van der Waals surface area contributed by atoms with E-state index in [1.807, 2.05) is 6.92 Å². The van der Waals surface area contributed by atoms with Crippen LogP contribution in [0.2, 0.25) is 0 Å². The Labute approximate surface area is 164 Å². The smallest absolute Gasteiger partial charge is 0.254 e. The first kappa shape index (κ1) is 20.4. The minimum absolute atomic E-state index is 0.0852. The molecule has 1 fully saturated rings. The Balaban J connectivity index is 1.82. The van der Waals surface area contributed by atoms with E-state index in [2.05, 4.69) is 0 Å². The number of benzene rings is 2. The van der Waals surface area contributed by atoms with Crippen molar-refractivity contribution in [1.29, 1.82) is 0 Å². The first-order chi connectivity index (χ1) is 13.4. The van der Waals surface area contributed by atoms with Crippen molar-refractivity contribution in [2.75, 3.05) is 32.8 Å². The molecule has 0 aromatic heterocycles. The van der Waals surface area contributed by atoms with Crippen molar-refractivity contribution >= 4 is 15.9 Å². The van der Waals surface area contributed by atoms with Gasteiger partial charge in [0.1, 0.15) is 5.82 Å². The monoisotopic (exact) mass is 406 g/mol. The lowest BCUT2D eigenvalue weighted by Gasteiger charge is -2.26. The lowest BCUT2D eigenvalue weighted by molar-refractivity contribution is 0.0729. The Kier molecular flexibility index (Phi) is 6.43. The molecule has 1 aliphatic rings. The lowest BCUT2D eigenvalue weighted by Crippen LogP contribution is -2.40. The predicted molar refractivity (Wildman–Crippen MR) is 103 cm³/mol. The number of ether oxygens (including phenoxy) is 1. The highest BCUT2D eigenvalue weighted by Crippen LogP contribution is 2.20. The number of carbonyl (C=O) groups excluding carboxylic acids is 1. The van der Waals surface area contributed by atoms with Crippen LogP contribution in [0.5, 0.6) is 0 Å². The molecule has 0 saturated carbocycles. The fourth-order valence-electron chi connectivity index (χ4n) is 3.09. The Morgan fingerprint density at radius 1 is 1.14 bits per heavy atom. The maximum absolute atomic E-state index is 13.4. The molecule has 6 nitrogen and oxygen atoms in total. The quantitative estimate of drug-likeness (QED) is 0.739. The maximum Gasteiger partial charge on any atom is 0.254 e. The molecule has 0 radical (unpaired) electrons. The van der Waals surface area contributed by atoms with Crippen molar-refractivity contribution in [2.24, 2.45) is 0 Å². The Hall–Kier alpha value is -2.29. The summed E-state index contributed by atoms with van der Waals surface area (Å²) in [6.07, 6.45) is 0. The number of halogens is 1. The van der Waals surface area contributed by atoms with Gasteiger partial charge in [-0.1, -0.05) is 18.2 Å². The Morgan fingerprint density at radius 3 is 2.54 bits per heavy atom. The van der Waals surface area contributed by atoms with Gasteiger partial charge in [0.05, 0.1) is 18.1 Å².